The Hall–Kier alpha value is -1.55. The van der Waals surface area contributed by atoms with Gasteiger partial charge in [0, 0.05) is 12.6 Å². The Morgan fingerprint density at radius 2 is 2.00 bits per heavy atom. The van der Waals surface area contributed by atoms with Crippen molar-refractivity contribution in [2.45, 2.75) is 46.2 Å². The molecule has 0 spiro atoms. The van der Waals surface area contributed by atoms with E-state index in [1.54, 1.807) is 0 Å². The van der Waals surface area contributed by atoms with Gasteiger partial charge < -0.3 is 15.4 Å². The second-order valence-electron chi connectivity index (χ2n) is 4.80. The normalized spacial score (nSPS) is 10.6. The Kier molecular flexibility index (Phi) is 7.73. The van der Waals surface area contributed by atoms with E-state index in [4.69, 9.17) is 4.74 Å². The van der Waals surface area contributed by atoms with Gasteiger partial charge in [-0.05, 0) is 37.1 Å². The third-order valence-electron chi connectivity index (χ3n) is 3.20. The van der Waals surface area contributed by atoms with Gasteiger partial charge in [-0.1, -0.05) is 32.9 Å². The van der Waals surface area contributed by atoms with E-state index in [0.29, 0.717) is 0 Å². The molecule has 0 atom stereocenters. The standard InChI is InChI=1S/C16H26N2O2/c1-4-14(5-2)18-16(19)12-20-15-9-7-8-13(10-15)11-17-6-3/h7-10,14,17H,4-6,11-12H2,1-3H3,(H,18,19). The number of rotatable bonds is 9. The van der Waals surface area contributed by atoms with Crippen LogP contribution >= 0.6 is 0 Å². The number of hydrogen-bond acceptors (Lipinski definition) is 3. The molecule has 0 aliphatic heterocycles. The monoisotopic (exact) mass is 278 g/mol. The Labute approximate surface area is 121 Å². The molecule has 20 heavy (non-hydrogen) atoms. The lowest BCUT2D eigenvalue weighted by Crippen LogP contribution is -2.37. The van der Waals surface area contributed by atoms with E-state index in [9.17, 15) is 4.79 Å². The van der Waals surface area contributed by atoms with Crippen LogP contribution in [0.3, 0.4) is 0 Å². The molecule has 1 amide bonds. The van der Waals surface area contributed by atoms with Crippen LogP contribution in [0.2, 0.25) is 0 Å². The lowest BCUT2D eigenvalue weighted by atomic mass is 10.2. The van der Waals surface area contributed by atoms with Crippen LogP contribution in [0.4, 0.5) is 0 Å². The molecule has 1 aromatic rings. The summed E-state index contributed by atoms with van der Waals surface area (Å²) < 4.78 is 5.54. The second kappa shape index (κ2) is 9.37. The van der Waals surface area contributed by atoms with E-state index >= 15 is 0 Å². The molecule has 0 heterocycles. The Morgan fingerprint density at radius 3 is 2.65 bits per heavy atom. The zero-order chi connectivity index (χ0) is 14.8. The molecule has 0 saturated heterocycles. The summed E-state index contributed by atoms with van der Waals surface area (Å²) in [6.45, 7) is 8.03. The lowest BCUT2D eigenvalue weighted by molar-refractivity contribution is -0.123. The van der Waals surface area contributed by atoms with Gasteiger partial charge in [0.05, 0.1) is 0 Å². The molecule has 112 valence electrons. The maximum atomic E-state index is 11.8. The van der Waals surface area contributed by atoms with Crippen LogP contribution in [0, 0.1) is 0 Å². The van der Waals surface area contributed by atoms with Crippen molar-refractivity contribution in [3.63, 3.8) is 0 Å². The van der Waals surface area contributed by atoms with Crippen molar-refractivity contribution < 1.29 is 9.53 Å². The summed E-state index contributed by atoms with van der Waals surface area (Å²) in [4.78, 5) is 11.8. The van der Waals surface area contributed by atoms with Crippen molar-refractivity contribution in [1.29, 1.82) is 0 Å². The van der Waals surface area contributed by atoms with E-state index in [0.717, 1.165) is 37.2 Å². The average Bonchev–Trinajstić information content (AvgIpc) is 2.49. The van der Waals surface area contributed by atoms with Crippen LogP contribution in [-0.4, -0.2) is 25.1 Å². The highest BCUT2D eigenvalue weighted by atomic mass is 16.5. The first-order valence-corrected chi connectivity index (χ1v) is 7.41. The van der Waals surface area contributed by atoms with Crippen LogP contribution in [0.15, 0.2) is 24.3 Å². The molecule has 0 radical (unpaired) electrons. The lowest BCUT2D eigenvalue weighted by Gasteiger charge is -2.15. The van der Waals surface area contributed by atoms with Gasteiger partial charge in [0.25, 0.3) is 5.91 Å². The molecule has 1 aromatic carbocycles. The van der Waals surface area contributed by atoms with E-state index in [-0.39, 0.29) is 18.6 Å². The van der Waals surface area contributed by atoms with Crippen LogP contribution in [0.1, 0.15) is 39.2 Å². The van der Waals surface area contributed by atoms with Gasteiger partial charge in [-0.3, -0.25) is 4.79 Å². The first-order chi connectivity index (χ1) is 9.69. The van der Waals surface area contributed by atoms with Gasteiger partial charge in [0.1, 0.15) is 5.75 Å². The first-order valence-electron chi connectivity index (χ1n) is 7.41. The van der Waals surface area contributed by atoms with E-state index in [2.05, 4.69) is 31.4 Å². The molecule has 0 fully saturated rings. The Morgan fingerprint density at radius 1 is 1.25 bits per heavy atom. The number of ether oxygens (including phenoxy) is 1. The maximum Gasteiger partial charge on any atom is 0.258 e. The van der Waals surface area contributed by atoms with Crippen molar-refractivity contribution in [3.05, 3.63) is 29.8 Å². The predicted molar refractivity (Wildman–Crippen MR) is 81.8 cm³/mol. The summed E-state index contributed by atoms with van der Waals surface area (Å²) in [5, 5.41) is 6.22. The SMILES string of the molecule is CCNCc1cccc(OCC(=O)NC(CC)CC)c1. The molecular weight excluding hydrogens is 252 g/mol. The third-order valence-corrected chi connectivity index (χ3v) is 3.20. The van der Waals surface area contributed by atoms with Gasteiger partial charge in [-0.25, -0.2) is 0 Å². The van der Waals surface area contributed by atoms with Crippen molar-refractivity contribution in [1.82, 2.24) is 10.6 Å². The summed E-state index contributed by atoms with van der Waals surface area (Å²) in [5.41, 5.74) is 1.16. The summed E-state index contributed by atoms with van der Waals surface area (Å²) >= 11 is 0. The maximum absolute atomic E-state index is 11.8. The first kappa shape index (κ1) is 16.5. The predicted octanol–water partition coefficient (Wildman–Crippen LogP) is 2.48. The quantitative estimate of drug-likeness (QED) is 0.729. The van der Waals surface area contributed by atoms with Gasteiger partial charge in [0.15, 0.2) is 6.61 Å². The molecule has 0 aromatic heterocycles. The van der Waals surface area contributed by atoms with Crippen molar-refractivity contribution in [2.75, 3.05) is 13.2 Å². The molecule has 0 aliphatic carbocycles. The van der Waals surface area contributed by atoms with Crippen LogP contribution in [0.25, 0.3) is 0 Å². The summed E-state index contributed by atoms with van der Waals surface area (Å²) in [6.07, 6.45) is 1.89. The van der Waals surface area contributed by atoms with Crippen molar-refractivity contribution in [3.8, 4) is 5.75 Å². The topological polar surface area (TPSA) is 50.4 Å². The van der Waals surface area contributed by atoms with Gasteiger partial charge in [-0.2, -0.15) is 0 Å². The fourth-order valence-corrected chi connectivity index (χ4v) is 1.93. The van der Waals surface area contributed by atoms with Crippen LogP contribution in [0.5, 0.6) is 5.75 Å². The van der Waals surface area contributed by atoms with Crippen molar-refractivity contribution in [2.24, 2.45) is 0 Å². The number of carbonyl (C=O) groups is 1. The highest BCUT2D eigenvalue weighted by Crippen LogP contribution is 2.13. The summed E-state index contributed by atoms with van der Waals surface area (Å²) in [6, 6.07) is 8.07. The summed E-state index contributed by atoms with van der Waals surface area (Å²) in [5.74, 6) is 0.677. The van der Waals surface area contributed by atoms with Gasteiger partial charge >= 0.3 is 0 Å². The molecule has 2 N–H and O–H groups in total. The second-order valence-corrected chi connectivity index (χ2v) is 4.80. The largest absolute Gasteiger partial charge is 0.484 e. The van der Waals surface area contributed by atoms with Gasteiger partial charge in [0.2, 0.25) is 0 Å². The fraction of sp³-hybridized carbons (Fsp3) is 0.562. The molecule has 0 aliphatic rings. The molecule has 4 nitrogen and oxygen atoms in total. The highest BCUT2D eigenvalue weighted by molar-refractivity contribution is 5.77. The Balaban J connectivity index is 2.42. The molecule has 0 unspecified atom stereocenters. The highest BCUT2D eigenvalue weighted by Gasteiger charge is 2.08. The van der Waals surface area contributed by atoms with E-state index < -0.39 is 0 Å². The average molecular weight is 278 g/mol. The molecule has 0 saturated carbocycles. The molecule has 0 bridgehead atoms. The molecule has 4 heteroatoms. The minimum Gasteiger partial charge on any atom is -0.484 e. The number of benzene rings is 1. The number of nitrogens with one attached hydrogen (secondary N) is 2. The van der Waals surface area contributed by atoms with Crippen LogP contribution < -0.4 is 15.4 Å². The molecule has 1 rings (SSSR count). The minimum absolute atomic E-state index is 0.0595. The zero-order valence-corrected chi connectivity index (χ0v) is 12.7. The number of amides is 1. The van der Waals surface area contributed by atoms with Gasteiger partial charge in [-0.15, -0.1) is 0 Å². The van der Waals surface area contributed by atoms with Crippen molar-refractivity contribution >= 4 is 5.91 Å². The Bertz CT molecular complexity index is 403. The smallest absolute Gasteiger partial charge is 0.258 e. The minimum atomic E-state index is -0.0595. The molecular formula is C16H26N2O2. The number of hydrogen-bond donors (Lipinski definition) is 2. The number of carbonyl (C=O) groups excluding carboxylic acids is 1. The van der Waals surface area contributed by atoms with Crippen LogP contribution in [-0.2, 0) is 11.3 Å². The van der Waals surface area contributed by atoms with E-state index in [1.807, 2.05) is 24.3 Å². The summed E-state index contributed by atoms with van der Waals surface area (Å²) in [7, 11) is 0. The van der Waals surface area contributed by atoms with E-state index in [1.165, 1.54) is 0 Å². The fourth-order valence-electron chi connectivity index (χ4n) is 1.93. The third kappa shape index (κ3) is 6.06. The zero-order valence-electron chi connectivity index (χ0n) is 12.7.